The first-order chi connectivity index (χ1) is 15.9. The smallest absolute Gasteiger partial charge is 0.322 e. The number of β-amino-alcohol motifs (C(OH)–C–C–N with tert-alkyl or cyclic N) is 1. The van der Waals surface area contributed by atoms with Crippen molar-refractivity contribution in [3.63, 3.8) is 0 Å². The van der Waals surface area contributed by atoms with Crippen molar-refractivity contribution in [1.29, 1.82) is 0 Å². The van der Waals surface area contributed by atoms with Crippen LogP contribution in [0, 0.1) is 5.92 Å². The third kappa shape index (κ3) is 11.0. The van der Waals surface area contributed by atoms with E-state index in [0.29, 0.717) is 0 Å². The molecule has 1 aliphatic rings. The Morgan fingerprint density at radius 3 is 2.21 bits per heavy atom. The normalized spacial score (nSPS) is 19.1. The van der Waals surface area contributed by atoms with Gasteiger partial charge in [-0.1, -0.05) is 13.8 Å². The number of carbonyl (C=O) groups is 6. The number of carboxylic acids is 1. The molecule has 0 radical (unpaired) electrons. The average molecular weight is 487 g/mol. The quantitative estimate of drug-likeness (QED) is 0.121. The van der Waals surface area contributed by atoms with E-state index in [-0.39, 0.29) is 38.1 Å². The number of aliphatic hydroxyl groups is 1. The lowest BCUT2D eigenvalue weighted by Gasteiger charge is -2.24. The Hall–Kier alpha value is -3.26. The Kier molecular flexibility index (Phi) is 11.9. The number of nitrogens with one attached hydrogen (secondary N) is 5. The Bertz CT molecular complexity index is 774. The van der Waals surface area contributed by atoms with Crippen molar-refractivity contribution in [2.45, 2.75) is 63.8 Å². The van der Waals surface area contributed by atoms with Crippen molar-refractivity contribution in [3.05, 3.63) is 0 Å². The minimum absolute atomic E-state index is 0.0301. The molecule has 14 heteroatoms. The molecule has 1 saturated heterocycles. The summed E-state index contributed by atoms with van der Waals surface area (Å²) in [6.45, 7) is 2.78. The highest BCUT2D eigenvalue weighted by molar-refractivity contribution is 5.94. The van der Waals surface area contributed by atoms with Crippen molar-refractivity contribution in [1.82, 2.24) is 26.6 Å². The molecule has 34 heavy (non-hydrogen) atoms. The third-order valence-electron chi connectivity index (χ3n) is 4.93. The van der Waals surface area contributed by atoms with Gasteiger partial charge in [-0.05, 0) is 25.2 Å². The van der Waals surface area contributed by atoms with Crippen LogP contribution in [0.3, 0.4) is 0 Å². The van der Waals surface area contributed by atoms with E-state index in [9.17, 15) is 33.9 Å². The van der Waals surface area contributed by atoms with Gasteiger partial charge in [-0.3, -0.25) is 28.8 Å². The molecule has 0 unspecified atom stereocenters. The first-order valence-electron chi connectivity index (χ1n) is 11.0. The zero-order valence-electron chi connectivity index (χ0n) is 19.3. The largest absolute Gasteiger partial charge is 0.480 e. The van der Waals surface area contributed by atoms with Crippen LogP contribution in [0.1, 0.15) is 39.5 Å². The number of amides is 5. The lowest BCUT2D eigenvalue weighted by molar-refractivity contribution is -0.138. The maximum absolute atomic E-state index is 12.8. The van der Waals surface area contributed by atoms with E-state index in [0.717, 1.165) is 0 Å². The van der Waals surface area contributed by atoms with Gasteiger partial charge in [0.2, 0.25) is 29.5 Å². The Balaban J connectivity index is 2.76. The van der Waals surface area contributed by atoms with Crippen LogP contribution in [-0.2, 0) is 28.8 Å². The molecule has 0 aromatic carbocycles. The van der Waals surface area contributed by atoms with Crippen molar-refractivity contribution in [2.24, 2.45) is 11.7 Å². The molecule has 9 N–H and O–H groups in total. The van der Waals surface area contributed by atoms with E-state index >= 15 is 0 Å². The van der Waals surface area contributed by atoms with E-state index in [1.165, 1.54) is 0 Å². The summed E-state index contributed by atoms with van der Waals surface area (Å²) in [6.07, 6.45) is -0.628. The average Bonchev–Trinajstić information content (AvgIpc) is 3.18. The number of primary amides is 1. The van der Waals surface area contributed by atoms with Crippen LogP contribution in [-0.4, -0.2) is 89.6 Å². The summed E-state index contributed by atoms with van der Waals surface area (Å²) in [4.78, 5) is 71.5. The van der Waals surface area contributed by atoms with E-state index < -0.39 is 72.8 Å². The van der Waals surface area contributed by atoms with Gasteiger partial charge in [-0.15, -0.1) is 0 Å². The summed E-state index contributed by atoms with van der Waals surface area (Å²) in [5.74, 6) is -4.66. The van der Waals surface area contributed by atoms with Gasteiger partial charge in [-0.2, -0.15) is 0 Å². The SMILES string of the molecule is CC(C)C[C@H](NC(=O)[C@H](CCC(N)=O)NC(=O)CNC(=O)[C@H]1C[C@H](O)CN1)C(=O)NCC(=O)O. The topological polar surface area (TPSA) is 229 Å². The van der Waals surface area contributed by atoms with Gasteiger partial charge in [-0.25, -0.2) is 0 Å². The van der Waals surface area contributed by atoms with E-state index in [1.807, 2.05) is 0 Å². The third-order valence-corrected chi connectivity index (χ3v) is 4.93. The van der Waals surface area contributed by atoms with Crippen LogP contribution in [0.25, 0.3) is 0 Å². The first kappa shape index (κ1) is 28.8. The highest BCUT2D eigenvalue weighted by atomic mass is 16.4. The molecule has 1 aliphatic heterocycles. The van der Waals surface area contributed by atoms with Crippen LogP contribution in [0.5, 0.6) is 0 Å². The number of nitrogens with two attached hydrogens (primary N) is 1. The number of rotatable bonds is 14. The summed E-state index contributed by atoms with van der Waals surface area (Å²) in [6, 6.07) is -2.94. The second-order valence-electron chi connectivity index (χ2n) is 8.50. The number of aliphatic carboxylic acids is 1. The van der Waals surface area contributed by atoms with Crippen molar-refractivity contribution >= 4 is 35.5 Å². The summed E-state index contributed by atoms with van der Waals surface area (Å²) < 4.78 is 0. The zero-order valence-corrected chi connectivity index (χ0v) is 19.3. The Labute approximate surface area is 196 Å². The highest BCUT2D eigenvalue weighted by Gasteiger charge is 2.30. The molecular formula is C20H34N6O8. The summed E-state index contributed by atoms with van der Waals surface area (Å²) in [5, 5.41) is 30.5. The van der Waals surface area contributed by atoms with Crippen LogP contribution in [0.4, 0.5) is 0 Å². The molecule has 1 heterocycles. The van der Waals surface area contributed by atoms with Gasteiger partial charge < -0.3 is 42.5 Å². The van der Waals surface area contributed by atoms with Crippen LogP contribution in [0.15, 0.2) is 0 Å². The predicted octanol–water partition coefficient (Wildman–Crippen LogP) is -3.69. The monoisotopic (exact) mass is 486 g/mol. The van der Waals surface area contributed by atoms with Gasteiger partial charge in [0.25, 0.3) is 0 Å². The number of carboxylic acid groups (broad SMARTS) is 1. The van der Waals surface area contributed by atoms with Gasteiger partial charge in [0, 0.05) is 13.0 Å². The summed E-state index contributed by atoms with van der Waals surface area (Å²) in [7, 11) is 0. The molecule has 0 saturated carbocycles. The van der Waals surface area contributed by atoms with E-state index in [1.54, 1.807) is 13.8 Å². The van der Waals surface area contributed by atoms with Crippen LogP contribution >= 0.6 is 0 Å². The standard InChI is InChI=1S/C20H34N6O8/c1-10(2)5-14(19(33)24-9-17(30)31)26-20(34)12(3-4-15(21)28)25-16(29)8-23-18(32)13-6-11(27)7-22-13/h10-14,22,27H,3-9H2,1-2H3,(H2,21,28)(H,23,32)(H,24,33)(H,25,29)(H,26,34)(H,30,31)/t11-,12-,13+,14-/m0/s1. The van der Waals surface area contributed by atoms with Crippen molar-refractivity contribution in [3.8, 4) is 0 Å². The maximum atomic E-state index is 12.8. The molecule has 5 amide bonds. The number of hydrogen-bond donors (Lipinski definition) is 8. The molecule has 0 aromatic rings. The fourth-order valence-electron chi connectivity index (χ4n) is 3.27. The number of hydrogen-bond acceptors (Lipinski definition) is 8. The molecule has 0 spiro atoms. The second kappa shape index (κ2) is 14.1. The minimum Gasteiger partial charge on any atom is -0.480 e. The fourth-order valence-corrected chi connectivity index (χ4v) is 3.27. The van der Waals surface area contributed by atoms with Crippen molar-refractivity contribution in [2.75, 3.05) is 19.6 Å². The number of carbonyl (C=O) groups excluding carboxylic acids is 5. The molecule has 1 fully saturated rings. The molecule has 192 valence electrons. The molecule has 0 aliphatic carbocycles. The Morgan fingerprint density at radius 2 is 1.68 bits per heavy atom. The maximum Gasteiger partial charge on any atom is 0.322 e. The summed E-state index contributed by atoms with van der Waals surface area (Å²) >= 11 is 0. The molecular weight excluding hydrogens is 452 g/mol. The lowest BCUT2D eigenvalue weighted by atomic mass is 10.0. The van der Waals surface area contributed by atoms with E-state index in [4.69, 9.17) is 10.8 Å². The highest BCUT2D eigenvalue weighted by Crippen LogP contribution is 2.07. The van der Waals surface area contributed by atoms with Gasteiger partial charge in [0.15, 0.2) is 0 Å². The Morgan fingerprint density at radius 1 is 1.00 bits per heavy atom. The lowest BCUT2D eigenvalue weighted by Crippen LogP contribution is -2.55. The minimum atomic E-state index is -1.25. The van der Waals surface area contributed by atoms with Crippen molar-refractivity contribution < 1.29 is 39.0 Å². The van der Waals surface area contributed by atoms with Crippen LogP contribution in [0.2, 0.25) is 0 Å². The molecule has 0 aromatic heterocycles. The summed E-state index contributed by atoms with van der Waals surface area (Å²) in [5.41, 5.74) is 5.15. The number of aliphatic hydroxyl groups excluding tert-OH is 1. The van der Waals surface area contributed by atoms with Gasteiger partial charge >= 0.3 is 5.97 Å². The zero-order chi connectivity index (χ0) is 25.8. The first-order valence-corrected chi connectivity index (χ1v) is 11.0. The molecule has 14 nitrogen and oxygen atoms in total. The van der Waals surface area contributed by atoms with Gasteiger partial charge in [0.1, 0.15) is 18.6 Å². The molecule has 4 atom stereocenters. The molecule has 0 bridgehead atoms. The predicted molar refractivity (Wildman–Crippen MR) is 118 cm³/mol. The fraction of sp³-hybridized carbons (Fsp3) is 0.700. The van der Waals surface area contributed by atoms with Crippen LogP contribution < -0.4 is 32.3 Å². The van der Waals surface area contributed by atoms with Gasteiger partial charge in [0.05, 0.1) is 18.7 Å². The van der Waals surface area contributed by atoms with E-state index in [2.05, 4.69) is 26.6 Å². The second-order valence-corrected chi connectivity index (χ2v) is 8.50. The molecule has 1 rings (SSSR count).